The first-order valence-electron chi connectivity index (χ1n) is 5.80. The van der Waals surface area contributed by atoms with Crippen LogP contribution in [0.4, 0.5) is 0 Å². The summed E-state index contributed by atoms with van der Waals surface area (Å²) in [7, 11) is 3.92. The Labute approximate surface area is 93.0 Å². The molecule has 1 rings (SSSR count). The van der Waals surface area contributed by atoms with Crippen molar-refractivity contribution in [3.8, 4) is 6.07 Å². The van der Waals surface area contributed by atoms with Crippen molar-refractivity contribution in [2.24, 2.45) is 5.92 Å². The first-order chi connectivity index (χ1) is 7.17. The minimum Gasteiger partial charge on any atom is -0.381 e. The number of nitriles is 1. The maximum Gasteiger partial charge on any atom is 0.0666 e. The standard InChI is InChI=1S/C12H22N2O/c1-10(8-13)9-14(2)11-5-4-6-12(7-11)15-3/h10-12H,4-7,9H2,1-3H3. The number of nitrogens with zero attached hydrogens (tertiary/aromatic N) is 2. The lowest BCUT2D eigenvalue weighted by Crippen LogP contribution is -2.40. The number of rotatable bonds is 4. The Balaban J connectivity index is 2.38. The van der Waals surface area contributed by atoms with Crippen molar-refractivity contribution >= 4 is 0 Å². The monoisotopic (exact) mass is 210 g/mol. The molecule has 0 aromatic heterocycles. The van der Waals surface area contributed by atoms with Gasteiger partial charge in [0, 0.05) is 19.7 Å². The Bertz CT molecular complexity index is 224. The van der Waals surface area contributed by atoms with Crippen molar-refractivity contribution < 1.29 is 4.74 Å². The van der Waals surface area contributed by atoms with Crippen LogP contribution in [0, 0.1) is 17.2 Å². The molecule has 1 aliphatic rings. The Morgan fingerprint density at radius 1 is 1.53 bits per heavy atom. The molecule has 86 valence electrons. The second-order valence-electron chi connectivity index (χ2n) is 4.65. The number of hydrogen-bond acceptors (Lipinski definition) is 3. The molecule has 1 fully saturated rings. The van der Waals surface area contributed by atoms with Crippen LogP contribution in [-0.2, 0) is 4.74 Å². The Kier molecular flexibility index (Phi) is 5.07. The first kappa shape index (κ1) is 12.5. The van der Waals surface area contributed by atoms with Crippen molar-refractivity contribution in [2.45, 2.75) is 44.8 Å². The molecule has 3 atom stereocenters. The van der Waals surface area contributed by atoms with E-state index in [0.717, 1.165) is 13.0 Å². The minimum absolute atomic E-state index is 0.123. The van der Waals surface area contributed by atoms with Gasteiger partial charge in [-0.25, -0.2) is 0 Å². The van der Waals surface area contributed by atoms with E-state index in [-0.39, 0.29) is 5.92 Å². The van der Waals surface area contributed by atoms with Gasteiger partial charge >= 0.3 is 0 Å². The van der Waals surface area contributed by atoms with Crippen molar-refractivity contribution in [3.05, 3.63) is 0 Å². The van der Waals surface area contributed by atoms with Crippen molar-refractivity contribution in [1.82, 2.24) is 4.90 Å². The molecule has 1 saturated carbocycles. The summed E-state index contributed by atoms with van der Waals surface area (Å²) in [6.07, 6.45) is 5.21. The molecule has 3 unspecified atom stereocenters. The highest BCUT2D eigenvalue weighted by Crippen LogP contribution is 2.24. The van der Waals surface area contributed by atoms with Gasteiger partial charge in [-0.2, -0.15) is 5.26 Å². The fraction of sp³-hybridized carbons (Fsp3) is 0.917. The van der Waals surface area contributed by atoms with Crippen LogP contribution in [0.1, 0.15) is 32.6 Å². The molecular formula is C12H22N2O. The third-order valence-electron chi connectivity index (χ3n) is 3.34. The molecule has 0 spiro atoms. The molecule has 0 radical (unpaired) electrons. The van der Waals surface area contributed by atoms with E-state index in [1.165, 1.54) is 19.3 Å². The van der Waals surface area contributed by atoms with Gasteiger partial charge in [0.2, 0.25) is 0 Å². The van der Waals surface area contributed by atoms with E-state index >= 15 is 0 Å². The van der Waals surface area contributed by atoms with Crippen LogP contribution in [0.3, 0.4) is 0 Å². The molecule has 3 heteroatoms. The van der Waals surface area contributed by atoms with E-state index in [1.54, 1.807) is 7.11 Å². The molecule has 0 aromatic rings. The molecule has 0 saturated heterocycles. The molecule has 0 aromatic carbocycles. The topological polar surface area (TPSA) is 36.3 Å². The molecule has 0 N–H and O–H groups in total. The van der Waals surface area contributed by atoms with Crippen LogP contribution in [-0.4, -0.2) is 37.7 Å². The summed E-state index contributed by atoms with van der Waals surface area (Å²) >= 11 is 0. The number of ether oxygens (including phenoxy) is 1. The minimum atomic E-state index is 0.123. The Morgan fingerprint density at radius 2 is 2.27 bits per heavy atom. The van der Waals surface area contributed by atoms with E-state index in [9.17, 15) is 0 Å². The molecule has 1 aliphatic carbocycles. The molecule has 0 heterocycles. The fourth-order valence-electron chi connectivity index (χ4n) is 2.36. The van der Waals surface area contributed by atoms with E-state index < -0.39 is 0 Å². The van der Waals surface area contributed by atoms with Crippen LogP contribution >= 0.6 is 0 Å². The molecule has 3 nitrogen and oxygen atoms in total. The molecule has 15 heavy (non-hydrogen) atoms. The van der Waals surface area contributed by atoms with Gasteiger partial charge in [-0.1, -0.05) is 0 Å². The summed E-state index contributed by atoms with van der Waals surface area (Å²) in [4.78, 5) is 2.32. The highest BCUT2D eigenvalue weighted by molar-refractivity contribution is 4.85. The summed E-state index contributed by atoms with van der Waals surface area (Å²) in [5, 5.41) is 8.78. The zero-order chi connectivity index (χ0) is 11.3. The molecular weight excluding hydrogens is 188 g/mol. The quantitative estimate of drug-likeness (QED) is 0.712. The maximum atomic E-state index is 8.78. The average molecular weight is 210 g/mol. The molecule has 0 bridgehead atoms. The number of methoxy groups -OCH3 is 1. The van der Waals surface area contributed by atoms with Gasteiger partial charge in [0.05, 0.1) is 18.1 Å². The van der Waals surface area contributed by atoms with Gasteiger partial charge in [-0.05, 0) is 39.7 Å². The molecule has 0 aliphatic heterocycles. The van der Waals surface area contributed by atoms with Gasteiger partial charge in [-0.15, -0.1) is 0 Å². The van der Waals surface area contributed by atoms with Crippen LogP contribution < -0.4 is 0 Å². The highest BCUT2D eigenvalue weighted by Gasteiger charge is 2.25. The van der Waals surface area contributed by atoms with Crippen molar-refractivity contribution in [3.63, 3.8) is 0 Å². The maximum absolute atomic E-state index is 8.78. The normalized spacial score (nSPS) is 28.7. The van der Waals surface area contributed by atoms with Crippen LogP contribution in [0.2, 0.25) is 0 Å². The van der Waals surface area contributed by atoms with E-state index in [4.69, 9.17) is 10.00 Å². The molecule has 0 amide bonds. The van der Waals surface area contributed by atoms with Gasteiger partial charge in [0.15, 0.2) is 0 Å². The fourth-order valence-corrected chi connectivity index (χ4v) is 2.36. The SMILES string of the molecule is COC1CCCC(N(C)CC(C)C#N)C1. The van der Waals surface area contributed by atoms with Gasteiger partial charge < -0.3 is 9.64 Å². The van der Waals surface area contributed by atoms with Crippen molar-refractivity contribution in [2.75, 3.05) is 20.7 Å². The average Bonchev–Trinajstić information content (AvgIpc) is 2.28. The van der Waals surface area contributed by atoms with Crippen molar-refractivity contribution in [1.29, 1.82) is 5.26 Å². The number of hydrogen-bond donors (Lipinski definition) is 0. The van der Waals surface area contributed by atoms with Gasteiger partial charge in [0.25, 0.3) is 0 Å². The van der Waals surface area contributed by atoms with E-state index in [0.29, 0.717) is 12.1 Å². The summed E-state index contributed by atoms with van der Waals surface area (Å²) < 4.78 is 5.41. The lowest BCUT2D eigenvalue weighted by atomic mass is 9.91. The Hall–Kier alpha value is -0.590. The second-order valence-corrected chi connectivity index (χ2v) is 4.65. The summed E-state index contributed by atoms with van der Waals surface area (Å²) in [5.74, 6) is 0.123. The first-order valence-corrected chi connectivity index (χ1v) is 5.80. The smallest absolute Gasteiger partial charge is 0.0666 e. The highest BCUT2D eigenvalue weighted by atomic mass is 16.5. The van der Waals surface area contributed by atoms with Crippen LogP contribution in [0.5, 0.6) is 0 Å². The zero-order valence-corrected chi connectivity index (χ0v) is 10.1. The van der Waals surface area contributed by atoms with Gasteiger partial charge in [-0.3, -0.25) is 0 Å². The second kappa shape index (κ2) is 6.09. The summed E-state index contributed by atoms with van der Waals surface area (Å²) in [6, 6.07) is 2.88. The predicted octanol–water partition coefficient (Wildman–Crippen LogP) is 2.04. The summed E-state index contributed by atoms with van der Waals surface area (Å²) in [5.41, 5.74) is 0. The third kappa shape index (κ3) is 3.81. The van der Waals surface area contributed by atoms with E-state index in [1.807, 2.05) is 6.92 Å². The lowest BCUT2D eigenvalue weighted by Gasteiger charge is -2.35. The van der Waals surface area contributed by atoms with Crippen LogP contribution in [0.15, 0.2) is 0 Å². The lowest BCUT2D eigenvalue weighted by molar-refractivity contribution is 0.0331. The summed E-state index contributed by atoms with van der Waals surface area (Å²) in [6.45, 7) is 2.85. The third-order valence-corrected chi connectivity index (χ3v) is 3.34. The van der Waals surface area contributed by atoms with Gasteiger partial charge in [0.1, 0.15) is 0 Å². The van der Waals surface area contributed by atoms with E-state index in [2.05, 4.69) is 18.0 Å². The largest absolute Gasteiger partial charge is 0.381 e. The van der Waals surface area contributed by atoms with Crippen LogP contribution in [0.25, 0.3) is 0 Å². The predicted molar refractivity (Wildman–Crippen MR) is 60.5 cm³/mol. The zero-order valence-electron chi connectivity index (χ0n) is 10.1. The Morgan fingerprint density at radius 3 is 2.87 bits per heavy atom.